The smallest absolute Gasteiger partial charge is 0.102 e. The molecule has 0 aliphatic rings. The van der Waals surface area contributed by atoms with Crippen LogP contribution in [0, 0.1) is 0 Å². The number of likely N-dealkylation sites (N-methyl/N-ethyl adjacent to an activating group) is 1. The minimum Gasteiger partial charge on any atom is -1.00 e. The first-order valence-corrected chi connectivity index (χ1v) is 8.13. The number of hydrogen-bond donors (Lipinski definition) is 3. The van der Waals surface area contributed by atoms with Crippen molar-refractivity contribution >= 4 is 36.2 Å². The fraction of sp³-hybridized carbons (Fsp3) is 0.647. The Morgan fingerprint density at radius 3 is 2.08 bits per heavy atom. The summed E-state index contributed by atoms with van der Waals surface area (Å²) >= 11 is 0. The molecule has 0 spiro atoms. The molecule has 0 aliphatic carbocycles. The van der Waals surface area contributed by atoms with Gasteiger partial charge in [0, 0.05) is 17.4 Å². The summed E-state index contributed by atoms with van der Waals surface area (Å²) in [7, 11) is 0. The second-order valence-corrected chi connectivity index (χ2v) is 5.95. The van der Waals surface area contributed by atoms with Gasteiger partial charge in [0.2, 0.25) is 0 Å². The van der Waals surface area contributed by atoms with Gasteiger partial charge in [0.25, 0.3) is 0 Å². The topological polar surface area (TPSA) is 58.3 Å². The average molecular weight is 403 g/mol. The highest BCUT2D eigenvalue weighted by Crippen LogP contribution is 2.15. The van der Waals surface area contributed by atoms with E-state index in [-0.39, 0.29) is 43.8 Å². The van der Waals surface area contributed by atoms with Crippen LogP contribution in [0.1, 0.15) is 33.6 Å². The van der Waals surface area contributed by atoms with Gasteiger partial charge in [-0.2, -0.15) is 0 Å². The Kier molecular flexibility index (Phi) is 17.7. The standard InChI is InChI=1S/C17H32N3O.3ClH/c1-4-20(5-2,13-14-21)12-6-7-15(3)19-17-10-8-16(18)9-11-17;;;/h8-11,15,19,21H,4-7,12-14,18H2,1-3H3;3*1H/q+1;;;/p-1. The van der Waals surface area contributed by atoms with Crippen LogP contribution >= 0.6 is 24.8 Å². The lowest BCUT2D eigenvalue weighted by molar-refractivity contribution is -0.925. The Bertz CT molecular complexity index is 401. The van der Waals surface area contributed by atoms with Crippen molar-refractivity contribution in [3.63, 3.8) is 0 Å². The second kappa shape index (κ2) is 14.9. The maximum Gasteiger partial charge on any atom is 0.102 e. The van der Waals surface area contributed by atoms with Gasteiger partial charge in [-0.15, -0.1) is 24.8 Å². The van der Waals surface area contributed by atoms with E-state index < -0.39 is 0 Å². The molecule has 7 heteroatoms. The molecule has 1 unspecified atom stereocenters. The normalized spacial score (nSPS) is 11.5. The molecular formula is C17H34Cl3N3O. The number of halogens is 3. The van der Waals surface area contributed by atoms with Crippen LogP contribution in [0.25, 0.3) is 0 Å². The number of nitrogens with one attached hydrogen (secondary N) is 1. The first-order chi connectivity index (χ1) is 10.0. The van der Waals surface area contributed by atoms with Gasteiger partial charge < -0.3 is 33.0 Å². The monoisotopic (exact) mass is 401 g/mol. The summed E-state index contributed by atoms with van der Waals surface area (Å²) < 4.78 is 1.02. The summed E-state index contributed by atoms with van der Waals surface area (Å²) in [5, 5.41) is 12.8. The number of rotatable bonds is 10. The SMILES string of the molecule is CC[N+](CC)(CCO)CCCC(C)Nc1ccc(N)cc1.Cl.Cl.[Cl-]. The number of aliphatic hydroxyl groups excluding tert-OH is 1. The van der Waals surface area contributed by atoms with Crippen molar-refractivity contribution in [2.75, 3.05) is 43.8 Å². The number of aliphatic hydroxyl groups is 1. The zero-order valence-corrected chi connectivity index (χ0v) is 17.4. The zero-order chi connectivity index (χ0) is 15.7. The highest BCUT2D eigenvalue weighted by molar-refractivity contribution is 5.85. The lowest BCUT2D eigenvalue weighted by Gasteiger charge is -2.36. The molecule has 0 aliphatic heterocycles. The molecule has 0 fully saturated rings. The summed E-state index contributed by atoms with van der Waals surface area (Å²) in [4.78, 5) is 0. The van der Waals surface area contributed by atoms with Crippen molar-refractivity contribution in [2.45, 2.75) is 39.7 Å². The minimum atomic E-state index is 0. The third-order valence-corrected chi connectivity index (χ3v) is 4.51. The van der Waals surface area contributed by atoms with Gasteiger partial charge in [0.15, 0.2) is 0 Å². The lowest BCUT2D eigenvalue weighted by atomic mass is 10.1. The first-order valence-electron chi connectivity index (χ1n) is 8.13. The molecule has 0 radical (unpaired) electrons. The van der Waals surface area contributed by atoms with E-state index in [1.807, 2.05) is 24.3 Å². The minimum absolute atomic E-state index is 0. The van der Waals surface area contributed by atoms with Gasteiger partial charge in [0.1, 0.15) is 6.54 Å². The summed E-state index contributed by atoms with van der Waals surface area (Å²) in [5.41, 5.74) is 7.61. The van der Waals surface area contributed by atoms with Crippen LogP contribution in [0.15, 0.2) is 24.3 Å². The lowest BCUT2D eigenvalue weighted by Crippen LogP contribution is -3.00. The molecule has 4 N–H and O–H groups in total. The fourth-order valence-corrected chi connectivity index (χ4v) is 2.85. The summed E-state index contributed by atoms with van der Waals surface area (Å²) in [5.74, 6) is 0. The number of nitrogens with zero attached hydrogens (tertiary/aromatic N) is 1. The van der Waals surface area contributed by atoms with Gasteiger partial charge in [-0.05, 0) is 57.9 Å². The summed E-state index contributed by atoms with van der Waals surface area (Å²) in [6, 6.07) is 8.34. The van der Waals surface area contributed by atoms with Crippen molar-refractivity contribution in [3.8, 4) is 0 Å². The van der Waals surface area contributed by atoms with Crippen LogP contribution < -0.4 is 23.5 Å². The predicted molar refractivity (Wildman–Crippen MR) is 106 cm³/mol. The summed E-state index contributed by atoms with van der Waals surface area (Å²) in [6.45, 7) is 11.1. The van der Waals surface area contributed by atoms with Crippen LogP contribution in [0.2, 0.25) is 0 Å². The highest BCUT2D eigenvalue weighted by atomic mass is 35.5. The molecule has 0 bridgehead atoms. The van der Waals surface area contributed by atoms with Crippen molar-refractivity contribution in [1.82, 2.24) is 0 Å². The van der Waals surface area contributed by atoms with E-state index in [1.54, 1.807) is 0 Å². The Morgan fingerprint density at radius 1 is 1.08 bits per heavy atom. The largest absolute Gasteiger partial charge is 1.00 e. The van der Waals surface area contributed by atoms with Gasteiger partial charge in [-0.3, -0.25) is 0 Å². The Balaban J connectivity index is -0.00000147. The van der Waals surface area contributed by atoms with Crippen LogP contribution in [-0.4, -0.2) is 48.4 Å². The Hall–Kier alpha value is -0.390. The van der Waals surface area contributed by atoms with Crippen molar-refractivity contribution in [1.29, 1.82) is 0 Å². The Morgan fingerprint density at radius 2 is 1.62 bits per heavy atom. The van der Waals surface area contributed by atoms with Crippen LogP contribution in [0.3, 0.4) is 0 Å². The van der Waals surface area contributed by atoms with Gasteiger partial charge in [0.05, 0.1) is 26.2 Å². The third-order valence-electron chi connectivity index (χ3n) is 4.51. The molecule has 0 heterocycles. The van der Waals surface area contributed by atoms with Crippen molar-refractivity contribution in [2.24, 2.45) is 0 Å². The van der Waals surface area contributed by atoms with Crippen molar-refractivity contribution < 1.29 is 22.0 Å². The second-order valence-electron chi connectivity index (χ2n) is 5.95. The van der Waals surface area contributed by atoms with E-state index >= 15 is 0 Å². The molecule has 4 nitrogen and oxygen atoms in total. The van der Waals surface area contributed by atoms with E-state index in [1.165, 1.54) is 6.42 Å². The van der Waals surface area contributed by atoms with Crippen LogP contribution in [-0.2, 0) is 0 Å². The van der Waals surface area contributed by atoms with E-state index in [4.69, 9.17) is 5.73 Å². The van der Waals surface area contributed by atoms with E-state index in [0.717, 1.165) is 48.5 Å². The predicted octanol–water partition coefficient (Wildman–Crippen LogP) is 0.546. The molecule has 0 saturated carbocycles. The molecule has 1 aromatic rings. The zero-order valence-electron chi connectivity index (χ0n) is 15.0. The fourth-order valence-electron chi connectivity index (χ4n) is 2.85. The first kappa shape index (κ1) is 28.4. The molecule has 144 valence electrons. The summed E-state index contributed by atoms with van der Waals surface area (Å²) in [6.07, 6.45) is 2.31. The number of quaternary nitrogens is 1. The van der Waals surface area contributed by atoms with Gasteiger partial charge in [-0.1, -0.05) is 0 Å². The molecule has 1 rings (SSSR count). The number of hydrogen-bond acceptors (Lipinski definition) is 3. The molecule has 1 atom stereocenters. The van der Waals surface area contributed by atoms with Gasteiger partial charge in [-0.25, -0.2) is 0 Å². The van der Waals surface area contributed by atoms with E-state index in [0.29, 0.717) is 6.04 Å². The van der Waals surface area contributed by atoms with Gasteiger partial charge >= 0.3 is 0 Å². The van der Waals surface area contributed by atoms with E-state index in [9.17, 15) is 5.11 Å². The maximum atomic E-state index is 9.25. The number of benzene rings is 1. The number of nitrogens with two attached hydrogens (primary N) is 1. The van der Waals surface area contributed by atoms with Crippen LogP contribution in [0.5, 0.6) is 0 Å². The molecule has 0 amide bonds. The maximum absolute atomic E-state index is 9.25. The van der Waals surface area contributed by atoms with Crippen molar-refractivity contribution in [3.05, 3.63) is 24.3 Å². The quantitative estimate of drug-likeness (QED) is 0.395. The average Bonchev–Trinajstić information content (AvgIpc) is 2.48. The molecular weight excluding hydrogens is 369 g/mol. The highest BCUT2D eigenvalue weighted by Gasteiger charge is 2.22. The molecule has 1 aromatic carbocycles. The molecule has 0 saturated heterocycles. The van der Waals surface area contributed by atoms with E-state index in [2.05, 4.69) is 26.1 Å². The third kappa shape index (κ3) is 9.80. The molecule has 0 aromatic heterocycles. The molecule has 24 heavy (non-hydrogen) atoms. The van der Waals surface area contributed by atoms with Crippen LogP contribution in [0.4, 0.5) is 11.4 Å². The Labute approximate surface area is 166 Å². The number of nitrogen functional groups attached to an aromatic ring is 1. The number of anilines is 2.